The molecule has 4 N–H and O–H groups in total. The van der Waals surface area contributed by atoms with Gasteiger partial charge in [-0.3, -0.25) is 24.2 Å². The van der Waals surface area contributed by atoms with E-state index in [2.05, 4.69) is 16.1 Å². The number of cyclic esters (lactones) is 1. The van der Waals surface area contributed by atoms with E-state index in [9.17, 15) is 24.3 Å². The number of aryl methyl sites for hydroxylation is 1. The summed E-state index contributed by atoms with van der Waals surface area (Å²) in [6, 6.07) is 11.8. The average molecular weight is 637 g/mol. The highest BCUT2D eigenvalue weighted by molar-refractivity contribution is 5.93. The zero-order chi connectivity index (χ0) is 33.2. The molecule has 4 bridgehead atoms. The minimum atomic E-state index is -1.04. The number of hydrazine groups is 1. The number of nitrogens with one attached hydrogen (secondary N) is 3. The molecule has 0 saturated carbocycles. The zero-order valence-corrected chi connectivity index (χ0v) is 27.3. The summed E-state index contributed by atoms with van der Waals surface area (Å²) in [5.41, 5.74) is 5.67. The molecule has 3 amide bonds. The number of phenols is 1. The van der Waals surface area contributed by atoms with Gasteiger partial charge in [0.2, 0.25) is 11.8 Å². The van der Waals surface area contributed by atoms with E-state index in [1.165, 1.54) is 17.1 Å². The van der Waals surface area contributed by atoms with Crippen LogP contribution in [-0.2, 0) is 48.1 Å². The van der Waals surface area contributed by atoms with Crippen molar-refractivity contribution < 1.29 is 33.8 Å². The SMILES string of the molecule is CO[C@@H]1CCCCc2cccc(c2)COC(=O)[C@@H]2CCCN(N2)C(=O)[C@H](Cc2cccc(O)c2)NC(=O)C(C(C)C)NC(=O)[C@@H]1C. The Balaban J connectivity index is 1.62. The Morgan fingerprint density at radius 3 is 2.46 bits per heavy atom. The van der Waals surface area contributed by atoms with Crippen molar-refractivity contribution in [1.82, 2.24) is 21.1 Å². The number of carbonyl (C=O) groups excluding carboxylic acids is 4. The summed E-state index contributed by atoms with van der Waals surface area (Å²) in [6.45, 7) is 5.91. The fourth-order valence-corrected chi connectivity index (χ4v) is 6.05. The van der Waals surface area contributed by atoms with Crippen molar-refractivity contribution in [3.05, 3.63) is 65.2 Å². The number of nitrogens with zero attached hydrogens (tertiary/aromatic N) is 1. The predicted octanol–water partition coefficient (Wildman–Crippen LogP) is 3.18. The molecule has 5 atom stereocenters. The summed E-state index contributed by atoms with van der Waals surface area (Å²) in [4.78, 5) is 54.2. The molecule has 46 heavy (non-hydrogen) atoms. The fourth-order valence-electron chi connectivity index (χ4n) is 6.05. The highest BCUT2D eigenvalue weighted by Crippen LogP contribution is 2.20. The molecule has 0 aliphatic carbocycles. The first-order chi connectivity index (χ1) is 22.0. The summed E-state index contributed by atoms with van der Waals surface area (Å²) in [7, 11) is 1.59. The molecule has 1 unspecified atom stereocenters. The van der Waals surface area contributed by atoms with Crippen molar-refractivity contribution in [3.63, 3.8) is 0 Å². The van der Waals surface area contributed by atoms with Crippen LogP contribution in [0.25, 0.3) is 0 Å². The van der Waals surface area contributed by atoms with Crippen LogP contribution < -0.4 is 16.1 Å². The Morgan fingerprint density at radius 2 is 1.72 bits per heavy atom. The number of amides is 3. The van der Waals surface area contributed by atoms with Gasteiger partial charge in [0, 0.05) is 20.1 Å². The van der Waals surface area contributed by atoms with E-state index in [1.807, 2.05) is 38.1 Å². The first-order valence-corrected chi connectivity index (χ1v) is 16.3. The number of hydrogen-bond acceptors (Lipinski definition) is 8. The number of aromatic hydroxyl groups is 1. The number of hydrogen-bond donors (Lipinski definition) is 4. The quantitative estimate of drug-likeness (QED) is 0.375. The summed E-state index contributed by atoms with van der Waals surface area (Å²) >= 11 is 0. The maximum absolute atomic E-state index is 14.0. The molecule has 250 valence electrons. The van der Waals surface area contributed by atoms with Crippen molar-refractivity contribution in [2.24, 2.45) is 11.8 Å². The van der Waals surface area contributed by atoms with E-state index in [0.717, 1.165) is 30.4 Å². The first kappa shape index (κ1) is 34.9. The lowest BCUT2D eigenvalue weighted by Crippen LogP contribution is -2.62. The van der Waals surface area contributed by atoms with E-state index in [4.69, 9.17) is 9.47 Å². The van der Waals surface area contributed by atoms with E-state index in [-0.39, 0.29) is 36.7 Å². The van der Waals surface area contributed by atoms with Gasteiger partial charge in [-0.15, -0.1) is 0 Å². The molecule has 1 fully saturated rings. The Morgan fingerprint density at radius 1 is 0.957 bits per heavy atom. The Hall–Kier alpha value is -3.96. The Bertz CT molecular complexity index is 1370. The van der Waals surface area contributed by atoms with Gasteiger partial charge in [0.05, 0.1) is 12.0 Å². The molecule has 2 aliphatic heterocycles. The third kappa shape index (κ3) is 9.53. The molecule has 0 spiro atoms. The largest absolute Gasteiger partial charge is 0.508 e. The van der Waals surface area contributed by atoms with E-state index < -0.39 is 41.8 Å². The molecule has 11 heteroatoms. The smallest absolute Gasteiger partial charge is 0.325 e. The number of methoxy groups -OCH3 is 1. The highest BCUT2D eigenvalue weighted by Gasteiger charge is 2.36. The van der Waals surface area contributed by atoms with Crippen LogP contribution in [-0.4, -0.2) is 71.7 Å². The summed E-state index contributed by atoms with van der Waals surface area (Å²) in [6.07, 6.45) is 4.04. The first-order valence-electron chi connectivity index (χ1n) is 16.3. The standard InChI is InChI=1S/C35H48N4O7/c1-22(2)31-33(42)36-29(20-25-12-8-14-27(40)19-25)34(43)39-17-9-15-28(38-39)35(44)46-21-26-13-7-11-24(18-26)10-5-6-16-30(45-4)23(3)32(41)37-31/h7-8,11-14,18-19,22-23,28-31,38,40H,5-6,9-10,15-17,20-21H2,1-4H3,(H,36,42)(H,37,41)/t23-,28+,29+,30-,31?/m1/s1. The van der Waals surface area contributed by atoms with Gasteiger partial charge in [0.1, 0.15) is 30.5 Å². The lowest BCUT2D eigenvalue weighted by atomic mass is 9.95. The zero-order valence-electron chi connectivity index (χ0n) is 27.3. The fraction of sp³-hybridized carbons (Fsp3) is 0.543. The molecule has 2 heterocycles. The number of rotatable bonds is 4. The monoisotopic (exact) mass is 636 g/mol. The number of carbonyl (C=O) groups is 4. The van der Waals surface area contributed by atoms with Crippen LogP contribution >= 0.6 is 0 Å². The number of fused-ring (bicyclic) bond motifs is 4. The van der Waals surface area contributed by atoms with Gasteiger partial charge in [0.15, 0.2) is 0 Å². The van der Waals surface area contributed by atoms with Crippen LogP contribution in [0.5, 0.6) is 5.75 Å². The van der Waals surface area contributed by atoms with E-state index in [0.29, 0.717) is 31.4 Å². The van der Waals surface area contributed by atoms with Gasteiger partial charge in [-0.2, -0.15) is 0 Å². The van der Waals surface area contributed by atoms with Crippen LogP contribution in [0.4, 0.5) is 0 Å². The minimum absolute atomic E-state index is 0.0353. The molecule has 2 aromatic rings. The predicted molar refractivity (Wildman–Crippen MR) is 172 cm³/mol. The number of benzene rings is 2. The average Bonchev–Trinajstić information content (AvgIpc) is 3.04. The molecule has 1 saturated heterocycles. The third-order valence-corrected chi connectivity index (χ3v) is 8.80. The van der Waals surface area contributed by atoms with Crippen LogP contribution in [0, 0.1) is 11.8 Å². The van der Waals surface area contributed by atoms with E-state index >= 15 is 0 Å². The van der Waals surface area contributed by atoms with Crippen molar-refractivity contribution in [3.8, 4) is 5.75 Å². The molecule has 0 radical (unpaired) electrons. The van der Waals surface area contributed by atoms with Crippen LogP contribution in [0.2, 0.25) is 0 Å². The van der Waals surface area contributed by atoms with Gasteiger partial charge in [0.25, 0.3) is 5.91 Å². The van der Waals surface area contributed by atoms with Gasteiger partial charge in [-0.05, 0) is 66.8 Å². The minimum Gasteiger partial charge on any atom is -0.508 e. The summed E-state index contributed by atoms with van der Waals surface area (Å²) < 4.78 is 11.4. The lowest BCUT2D eigenvalue weighted by molar-refractivity contribution is -0.154. The molecular formula is C35H48N4O7. The van der Waals surface area contributed by atoms with Crippen molar-refractivity contribution >= 4 is 23.7 Å². The van der Waals surface area contributed by atoms with Gasteiger partial charge < -0.3 is 25.2 Å². The van der Waals surface area contributed by atoms with Gasteiger partial charge in [-0.25, -0.2) is 5.43 Å². The second kappa shape index (κ2) is 16.6. The molecule has 4 rings (SSSR count). The van der Waals surface area contributed by atoms with Crippen molar-refractivity contribution in [2.45, 2.75) is 96.6 Å². The van der Waals surface area contributed by atoms with Crippen LogP contribution in [0.15, 0.2) is 48.5 Å². The lowest BCUT2D eigenvalue weighted by Gasteiger charge is -2.35. The second-order valence-corrected chi connectivity index (χ2v) is 12.7. The third-order valence-electron chi connectivity index (χ3n) is 8.80. The van der Waals surface area contributed by atoms with Crippen LogP contribution in [0.3, 0.4) is 0 Å². The van der Waals surface area contributed by atoms with E-state index in [1.54, 1.807) is 26.2 Å². The van der Waals surface area contributed by atoms with Gasteiger partial charge >= 0.3 is 5.97 Å². The molecule has 11 nitrogen and oxygen atoms in total. The van der Waals surface area contributed by atoms with Crippen molar-refractivity contribution in [2.75, 3.05) is 13.7 Å². The number of esters is 1. The Kier molecular flexibility index (Phi) is 12.6. The van der Waals surface area contributed by atoms with Crippen molar-refractivity contribution in [1.29, 1.82) is 0 Å². The molecular weight excluding hydrogens is 588 g/mol. The topological polar surface area (TPSA) is 146 Å². The Labute approximate surface area is 271 Å². The number of phenolic OH excluding ortho intramolecular Hbond substituents is 1. The molecule has 0 aromatic heterocycles. The normalized spacial score (nSPS) is 25.9. The molecule has 2 aromatic carbocycles. The van der Waals surface area contributed by atoms with Crippen LogP contribution in [0.1, 0.15) is 69.6 Å². The highest BCUT2D eigenvalue weighted by atomic mass is 16.5. The molecule has 2 aliphatic rings. The maximum atomic E-state index is 14.0. The maximum Gasteiger partial charge on any atom is 0.325 e. The van der Waals surface area contributed by atoms with Gasteiger partial charge in [-0.1, -0.05) is 63.6 Å². The summed E-state index contributed by atoms with van der Waals surface area (Å²) in [5, 5.41) is 17.2. The number of ether oxygens (including phenoxy) is 2. The second-order valence-electron chi connectivity index (χ2n) is 12.7. The summed E-state index contributed by atoms with van der Waals surface area (Å²) in [5.74, 6) is -2.44.